The molecule has 0 saturated carbocycles. The minimum atomic E-state index is -0.556. The van der Waals surface area contributed by atoms with E-state index in [-0.39, 0.29) is 13.2 Å². The Morgan fingerprint density at radius 3 is 2.09 bits per heavy atom. The van der Waals surface area contributed by atoms with Gasteiger partial charge in [-0.25, -0.2) is 0 Å². The third-order valence-corrected chi connectivity index (χ3v) is 3.40. The van der Waals surface area contributed by atoms with E-state index in [0.717, 1.165) is 11.3 Å². The van der Waals surface area contributed by atoms with Crippen LogP contribution in [0, 0.1) is 5.92 Å². The van der Waals surface area contributed by atoms with Crippen LogP contribution in [0.15, 0.2) is 24.3 Å². The first kappa shape index (κ1) is 18.9. The van der Waals surface area contributed by atoms with Crippen molar-refractivity contribution in [2.75, 3.05) is 39.5 Å². The smallest absolute Gasteiger partial charge is 0.119 e. The van der Waals surface area contributed by atoms with E-state index in [9.17, 15) is 5.11 Å². The second-order valence-corrected chi connectivity index (χ2v) is 5.87. The molecule has 22 heavy (non-hydrogen) atoms. The highest BCUT2D eigenvalue weighted by Crippen LogP contribution is 2.21. The van der Waals surface area contributed by atoms with Crippen LogP contribution in [-0.2, 0) is 0 Å². The summed E-state index contributed by atoms with van der Waals surface area (Å²) in [6.07, 6.45) is 0.00525. The first-order valence-corrected chi connectivity index (χ1v) is 7.91. The van der Waals surface area contributed by atoms with E-state index in [4.69, 9.17) is 14.9 Å². The molecule has 1 aromatic carbocycles. The lowest BCUT2D eigenvalue weighted by atomic mass is 10.1. The number of rotatable bonds is 11. The largest absolute Gasteiger partial charge is 0.493 e. The molecule has 5 nitrogen and oxygen atoms in total. The second-order valence-electron chi connectivity index (χ2n) is 5.87. The van der Waals surface area contributed by atoms with Crippen molar-refractivity contribution in [3.8, 4) is 5.75 Å². The molecule has 0 bridgehead atoms. The predicted molar refractivity (Wildman–Crippen MR) is 87.0 cm³/mol. The van der Waals surface area contributed by atoms with Crippen LogP contribution in [0.1, 0.15) is 31.9 Å². The number of ether oxygens (including phenoxy) is 1. The molecule has 0 saturated heterocycles. The fraction of sp³-hybridized carbons (Fsp3) is 0.647. The number of aliphatic hydroxyl groups excluding tert-OH is 3. The van der Waals surface area contributed by atoms with Crippen molar-refractivity contribution >= 4 is 0 Å². The van der Waals surface area contributed by atoms with Crippen LogP contribution in [0.25, 0.3) is 0 Å². The van der Waals surface area contributed by atoms with Crippen molar-refractivity contribution in [3.63, 3.8) is 0 Å². The van der Waals surface area contributed by atoms with Gasteiger partial charge in [0.2, 0.25) is 0 Å². The van der Waals surface area contributed by atoms with Crippen LogP contribution in [0.3, 0.4) is 0 Å². The fourth-order valence-electron chi connectivity index (χ4n) is 2.14. The van der Waals surface area contributed by atoms with Crippen molar-refractivity contribution in [1.82, 2.24) is 4.90 Å². The fourth-order valence-corrected chi connectivity index (χ4v) is 2.14. The summed E-state index contributed by atoms with van der Waals surface area (Å²) in [5.41, 5.74) is 0.852. The quantitative estimate of drug-likeness (QED) is 0.576. The average molecular weight is 311 g/mol. The van der Waals surface area contributed by atoms with Gasteiger partial charge in [0.15, 0.2) is 0 Å². The van der Waals surface area contributed by atoms with Gasteiger partial charge in [-0.1, -0.05) is 26.0 Å². The summed E-state index contributed by atoms with van der Waals surface area (Å²) in [6, 6.07) is 7.51. The molecule has 3 N–H and O–H groups in total. The lowest BCUT2D eigenvalue weighted by molar-refractivity contribution is 0.118. The Bertz CT molecular complexity index is 388. The standard InChI is InChI=1S/C17H29NO4/c1-14(2)13-22-16-5-3-15(4-6-16)17(21)7-8-18(9-11-19)10-12-20/h3-6,14,17,19-21H,7-13H2,1-2H3. The molecule has 0 aliphatic heterocycles. The van der Waals surface area contributed by atoms with Gasteiger partial charge in [0.1, 0.15) is 5.75 Å². The maximum Gasteiger partial charge on any atom is 0.119 e. The molecule has 1 unspecified atom stereocenters. The summed E-state index contributed by atoms with van der Waals surface area (Å²) in [5, 5.41) is 28.2. The van der Waals surface area contributed by atoms with E-state index in [1.54, 1.807) is 0 Å². The first-order valence-electron chi connectivity index (χ1n) is 7.91. The SMILES string of the molecule is CC(C)COc1ccc(C(O)CCN(CCO)CCO)cc1. The summed E-state index contributed by atoms with van der Waals surface area (Å²) in [5.74, 6) is 1.29. The molecule has 0 heterocycles. The lowest BCUT2D eigenvalue weighted by Gasteiger charge is -2.22. The maximum absolute atomic E-state index is 10.2. The minimum Gasteiger partial charge on any atom is -0.493 e. The van der Waals surface area contributed by atoms with Gasteiger partial charge < -0.3 is 20.1 Å². The highest BCUT2D eigenvalue weighted by atomic mass is 16.5. The van der Waals surface area contributed by atoms with Gasteiger partial charge in [0.05, 0.1) is 25.9 Å². The van der Waals surface area contributed by atoms with E-state index >= 15 is 0 Å². The Labute approximate surface area is 133 Å². The molecule has 0 amide bonds. The van der Waals surface area contributed by atoms with Crippen LogP contribution in [-0.4, -0.2) is 59.7 Å². The van der Waals surface area contributed by atoms with Gasteiger partial charge in [-0.2, -0.15) is 0 Å². The number of nitrogens with zero attached hydrogens (tertiary/aromatic N) is 1. The number of hydrogen-bond acceptors (Lipinski definition) is 5. The lowest BCUT2D eigenvalue weighted by Crippen LogP contribution is -2.31. The van der Waals surface area contributed by atoms with E-state index < -0.39 is 6.10 Å². The van der Waals surface area contributed by atoms with Crippen LogP contribution in [0.2, 0.25) is 0 Å². The van der Waals surface area contributed by atoms with Crippen molar-refractivity contribution < 1.29 is 20.1 Å². The topological polar surface area (TPSA) is 73.2 Å². The Morgan fingerprint density at radius 1 is 1.00 bits per heavy atom. The zero-order valence-electron chi connectivity index (χ0n) is 13.6. The summed E-state index contributed by atoms with van der Waals surface area (Å²) in [7, 11) is 0. The monoisotopic (exact) mass is 311 g/mol. The van der Waals surface area contributed by atoms with Crippen LogP contribution < -0.4 is 4.74 Å². The van der Waals surface area contributed by atoms with E-state index in [0.29, 0.717) is 38.6 Å². The summed E-state index contributed by atoms with van der Waals surface area (Å²) in [6.45, 7) is 6.64. The van der Waals surface area contributed by atoms with Crippen LogP contribution >= 0.6 is 0 Å². The predicted octanol–water partition coefficient (Wildman–Crippen LogP) is 1.43. The molecule has 0 radical (unpaired) electrons. The molecule has 0 spiro atoms. The highest BCUT2D eigenvalue weighted by molar-refractivity contribution is 5.28. The molecule has 0 fully saturated rings. The van der Waals surface area contributed by atoms with Crippen molar-refractivity contribution in [1.29, 1.82) is 0 Å². The number of benzene rings is 1. The minimum absolute atomic E-state index is 0.0536. The third kappa shape index (κ3) is 7.22. The summed E-state index contributed by atoms with van der Waals surface area (Å²) >= 11 is 0. The molecular formula is C17H29NO4. The number of aliphatic hydroxyl groups is 3. The Kier molecular flexibility index (Phi) is 9.08. The van der Waals surface area contributed by atoms with Gasteiger partial charge in [-0.05, 0) is 30.0 Å². The molecule has 0 aromatic heterocycles. The van der Waals surface area contributed by atoms with E-state index in [1.165, 1.54) is 0 Å². The Hall–Kier alpha value is -1.14. The Balaban J connectivity index is 2.45. The van der Waals surface area contributed by atoms with Gasteiger partial charge in [0.25, 0.3) is 0 Å². The normalized spacial score (nSPS) is 12.9. The average Bonchev–Trinajstić information content (AvgIpc) is 2.51. The third-order valence-electron chi connectivity index (χ3n) is 3.40. The summed E-state index contributed by atoms with van der Waals surface area (Å²) < 4.78 is 5.62. The van der Waals surface area contributed by atoms with Gasteiger partial charge in [-0.3, -0.25) is 4.90 Å². The highest BCUT2D eigenvalue weighted by Gasteiger charge is 2.11. The molecule has 5 heteroatoms. The molecular weight excluding hydrogens is 282 g/mol. The molecule has 1 rings (SSSR count). The van der Waals surface area contributed by atoms with Crippen LogP contribution in [0.5, 0.6) is 5.75 Å². The Morgan fingerprint density at radius 2 is 1.59 bits per heavy atom. The van der Waals surface area contributed by atoms with Gasteiger partial charge in [0, 0.05) is 19.6 Å². The maximum atomic E-state index is 10.2. The molecule has 0 aliphatic rings. The van der Waals surface area contributed by atoms with Crippen molar-refractivity contribution in [3.05, 3.63) is 29.8 Å². The molecule has 1 aromatic rings. The van der Waals surface area contributed by atoms with Gasteiger partial charge >= 0.3 is 0 Å². The van der Waals surface area contributed by atoms with E-state index in [2.05, 4.69) is 13.8 Å². The van der Waals surface area contributed by atoms with E-state index in [1.807, 2.05) is 29.2 Å². The molecule has 0 aliphatic carbocycles. The zero-order chi connectivity index (χ0) is 16.4. The number of hydrogen-bond donors (Lipinski definition) is 3. The molecule has 126 valence electrons. The second kappa shape index (κ2) is 10.6. The van der Waals surface area contributed by atoms with Crippen molar-refractivity contribution in [2.24, 2.45) is 5.92 Å². The zero-order valence-corrected chi connectivity index (χ0v) is 13.6. The first-order chi connectivity index (χ1) is 10.6. The molecule has 1 atom stereocenters. The van der Waals surface area contributed by atoms with Gasteiger partial charge in [-0.15, -0.1) is 0 Å². The van der Waals surface area contributed by atoms with Crippen LogP contribution in [0.4, 0.5) is 0 Å². The summed E-state index contributed by atoms with van der Waals surface area (Å²) in [4.78, 5) is 1.93. The van der Waals surface area contributed by atoms with Crippen molar-refractivity contribution in [2.45, 2.75) is 26.4 Å².